The molecule has 0 spiro atoms. The van der Waals surface area contributed by atoms with Gasteiger partial charge in [-0.05, 0) is 74.3 Å². The first-order chi connectivity index (χ1) is 29.2. The first-order valence-corrected chi connectivity index (χ1v) is 22.3. The van der Waals surface area contributed by atoms with Crippen LogP contribution in [0.1, 0.15) is 52.0 Å². The Hall–Kier alpha value is -5.82. The molecule has 4 aliphatic rings. The van der Waals surface area contributed by atoms with E-state index < -0.39 is 39.7 Å². The van der Waals surface area contributed by atoms with Crippen LogP contribution >= 0.6 is 11.6 Å². The molecule has 3 saturated heterocycles. The molecular weight excluding hydrogens is 824 g/mol. The number of hydrogen-bond acceptors (Lipinski definition) is 14. The summed E-state index contributed by atoms with van der Waals surface area (Å²) in [5, 5.41) is 12.4. The molecule has 61 heavy (non-hydrogen) atoms. The number of halogens is 1. The fourth-order valence-electron chi connectivity index (χ4n) is 8.61. The summed E-state index contributed by atoms with van der Waals surface area (Å²) >= 11 is 6.48. The van der Waals surface area contributed by atoms with Crippen LogP contribution in [0.4, 0.5) is 34.5 Å². The first kappa shape index (κ1) is 41.9. The molecule has 4 amide bonds. The Morgan fingerprint density at radius 3 is 2.39 bits per heavy atom. The number of benzene rings is 3. The lowest BCUT2D eigenvalue weighted by Crippen LogP contribution is -2.54. The second-order valence-corrected chi connectivity index (χ2v) is 18.2. The summed E-state index contributed by atoms with van der Waals surface area (Å²) in [4.78, 5) is 66.2. The number of methoxy groups -OCH3 is 1. The van der Waals surface area contributed by atoms with E-state index in [4.69, 9.17) is 16.3 Å². The number of rotatable bonds is 12. The van der Waals surface area contributed by atoms with E-state index in [9.17, 15) is 27.6 Å². The van der Waals surface area contributed by atoms with Crippen molar-refractivity contribution in [2.24, 2.45) is 0 Å². The van der Waals surface area contributed by atoms with Gasteiger partial charge in [-0.15, -0.1) is 0 Å². The van der Waals surface area contributed by atoms with Crippen molar-refractivity contribution in [2.45, 2.75) is 37.1 Å². The number of amides is 4. The molecule has 5 heterocycles. The number of hydrogen-bond donors (Lipinski definition) is 4. The maximum atomic E-state index is 13.7. The van der Waals surface area contributed by atoms with Crippen LogP contribution in [0.3, 0.4) is 0 Å². The van der Waals surface area contributed by atoms with Gasteiger partial charge in [0.05, 0.1) is 47.8 Å². The van der Waals surface area contributed by atoms with Crippen molar-refractivity contribution in [1.82, 2.24) is 30.4 Å². The van der Waals surface area contributed by atoms with Crippen molar-refractivity contribution in [1.29, 1.82) is 0 Å². The Labute approximate surface area is 358 Å². The number of ether oxygens (including phenoxy) is 1. The average molecular weight is 871 g/mol. The predicted octanol–water partition coefficient (Wildman–Crippen LogP) is 3.87. The number of aromatic nitrogens is 2. The Morgan fingerprint density at radius 2 is 1.67 bits per heavy atom. The number of nitrogens with one attached hydrogen (secondary N) is 4. The van der Waals surface area contributed by atoms with Gasteiger partial charge in [0.15, 0.2) is 5.82 Å². The summed E-state index contributed by atoms with van der Waals surface area (Å²) in [5.41, 5.74) is 3.90. The molecule has 0 saturated carbocycles. The smallest absolute Gasteiger partial charge is 0.262 e. The average Bonchev–Trinajstić information content (AvgIpc) is 3.50. The van der Waals surface area contributed by atoms with E-state index in [1.165, 1.54) is 17.5 Å². The van der Waals surface area contributed by atoms with Gasteiger partial charge in [-0.3, -0.25) is 38.6 Å². The first-order valence-electron chi connectivity index (χ1n) is 20.1. The van der Waals surface area contributed by atoms with Crippen molar-refractivity contribution < 1.29 is 32.3 Å². The molecule has 0 aliphatic carbocycles. The largest absolute Gasteiger partial charge is 0.494 e. The van der Waals surface area contributed by atoms with E-state index in [0.717, 1.165) is 81.1 Å². The van der Waals surface area contributed by atoms with Gasteiger partial charge in [-0.2, -0.15) is 4.98 Å². The minimum atomic E-state index is -3.52. The molecule has 320 valence electrons. The van der Waals surface area contributed by atoms with Crippen molar-refractivity contribution in [2.75, 3.05) is 86.1 Å². The minimum Gasteiger partial charge on any atom is -0.494 e. The van der Waals surface area contributed by atoms with Crippen LogP contribution in [0.2, 0.25) is 5.02 Å². The van der Waals surface area contributed by atoms with E-state index >= 15 is 0 Å². The number of fused-ring (bicyclic) bond motifs is 1. The number of carbonyl (C=O) groups is 4. The Morgan fingerprint density at radius 1 is 0.934 bits per heavy atom. The molecule has 17 nitrogen and oxygen atoms in total. The maximum absolute atomic E-state index is 13.7. The summed E-state index contributed by atoms with van der Waals surface area (Å²) < 4.78 is 31.5. The Balaban J connectivity index is 0.935. The lowest BCUT2D eigenvalue weighted by atomic mass is 9.72. The van der Waals surface area contributed by atoms with Crippen molar-refractivity contribution in [3.05, 3.63) is 88.6 Å². The highest BCUT2D eigenvalue weighted by molar-refractivity contribution is 7.92. The van der Waals surface area contributed by atoms with Gasteiger partial charge in [-0.1, -0.05) is 29.8 Å². The molecule has 4 aliphatic heterocycles. The molecule has 1 aromatic heterocycles. The fourth-order valence-corrected chi connectivity index (χ4v) is 9.27. The summed E-state index contributed by atoms with van der Waals surface area (Å²) in [6, 6.07) is 17.4. The fraction of sp³-hybridized carbons (Fsp3) is 0.381. The highest BCUT2D eigenvalue weighted by atomic mass is 35.5. The molecule has 4 N–H and O–H groups in total. The van der Waals surface area contributed by atoms with Gasteiger partial charge in [-0.25, -0.2) is 13.4 Å². The van der Waals surface area contributed by atoms with Crippen LogP contribution in [0.15, 0.2) is 66.9 Å². The molecule has 1 unspecified atom stereocenters. The molecule has 4 aromatic rings. The molecule has 1 atom stereocenters. The second-order valence-electron chi connectivity index (χ2n) is 15.8. The van der Waals surface area contributed by atoms with Crippen molar-refractivity contribution >= 4 is 79.8 Å². The van der Waals surface area contributed by atoms with Crippen molar-refractivity contribution in [3.63, 3.8) is 0 Å². The zero-order valence-corrected chi connectivity index (χ0v) is 35.6. The summed E-state index contributed by atoms with van der Waals surface area (Å²) in [6.07, 6.45) is 4.49. The maximum Gasteiger partial charge on any atom is 0.262 e. The number of imide groups is 2. The number of para-hydroxylation sites is 2. The minimum absolute atomic E-state index is 0.0715. The monoisotopic (exact) mass is 870 g/mol. The summed E-state index contributed by atoms with van der Waals surface area (Å²) in [7, 11) is -0.453. The van der Waals surface area contributed by atoms with E-state index in [1.807, 2.05) is 30.3 Å². The van der Waals surface area contributed by atoms with E-state index in [0.29, 0.717) is 28.4 Å². The topological polar surface area (TPSA) is 199 Å². The number of piperidine rings is 2. The van der Waals surface area contributed by atoms with Crippen LogP contribution < -0.4 is 35.2 Å². The molecule has 19 heteroatoms. The number of anilines is 6. The highest BCUT2D eigenvalue weighted by Crippen LogP contribution is 2.39. The number of carbonyl (C=O) groups excluding carboxylic acids is 4. The third-order valence-corrected chi connectivity index (χ3v) is 13.5. The van der Waals surface area contributed by atoms with Crippen LogP contribution in [-0.4, -0.2) is 124 Å². The standard InChI is InChI=1S/C42H47ClN10O7S/c1-50(61(3,58)59)33-7-5-4-6-31(33)46-37-30(43)24-45-41(49-37)47-32-11-9-27(23-35(32)60-2)52-20-18-51(19-21-52)25-42(14-16-44-17-15-42)26-8-10-28-29(22-26)40(57)53(39(28)56)34-12-13-36(54)48-38(34)55/h4-11,22-24,34,44H,12-21,25H2,1-3H3,(H,48,54,55)(H2,45,46,47,49). The molecular formula is C42H47ClN10O7S. The SMILES string of the molecule is COc1cc(N2CCN(CC3(c4ccc5c(c4)C(=O)N(C4CCC(=O)NC4=O)C5=O)CCNCC3)CC2)ccc1Nc1ncc(Cl)c(Nc2ccccc2N(C)S(C)(=O)=O)n1. The lowest BCUT2D eigenvalue weighted by molar-refractivity contribution is -0.136. The highest BCUT2D eigenvalue weighted by Gasteiger charge is 2.46. The normalized spacial score (nSPS) is 19.4. The lowest BCUT2D eigenvalue weighted by Gasteiger charge is -2.45. The second kappa shape index (κ2) is 16.9. The van der Waals surface area contributed by atoms with Crippen molar-refractivity contribution in [3.8, 4) is 5.75 Å². The van der Waals surface area contributed by atoms with Gasteiger partial charge in [0.25, 0.3) is 11.8 Å². The van der Waals surface area contributed by atoms with Gasteiger partial charge in [0.1, 0.15) is 16.8 Å². The van der Waals surface area contributed by atoms with Gasteiger partial charge < -0.3 is 25.6 Å². The van der Waals surface area contributed by atoms with Crippen LogP contribution in [-0.2, 0) is 25.0 Å². The van der Waals surface area contributed by atoms with E-state index in [-0.39, 0.29) is 40.6 Å². The molecule has 8 rings (SSSR count). The molecule has 3 aromatic carbocycles. The van der Waals surface area contributed by atoms with Gasteiger partial charge >= 0.3 is 0 Å². The quantitative estimate of drug-likeness (QED) is 0.150. The van der Waals surface area contributed by atoms with E-state index in [1.54, 1.807) is 37.4 Å². The third-order valence-electron chi connectivity index (χ3n) is 12.0. The molecule has 0 radical (unpaired) electrons. The predicted molar refractivity (Wildman–Crippen MR) is 232 cm³/mol. The Bertz CT molecular complexity index is 2510. The zero-order valence-electron chi connectivity index (χ0n) is 34.0. The van der Waals surface area contributed by atoms with Crippen LogP contribution in [0.5, 0.6) is 5.75 Å². The molecule has 0 bridgehead atoms. The van der Waals surface area contributed by atoms with E-state index in [2.05, 4.69) is 41.0 Å². The summed E-state index contributed by atoms with van der Waals surface area (Å²) in [5.74, 6) is -0.907. The third kappa shape index (κ3) is 8.44. The van der Waals surface area contributed by atoms with Crippen LogP contribution in [0, 0.1) is 0 Å². The number of piperazine rings is 1. The number of sulfonamides is 1. The molecule has 3 fully saturated rings. The summed E-state index contributed by atoms with van der Waals surface area (Å²) in [6.45, 7) is 5.58. The Kier molecular flexibility index (Phi) is 11.6. The van der Waals surface area contributed by atoms with Gasteiger partial charge in [0.2, 0.25) is 27.8 Å². The van der Waals surface area contributed by atoms with Crippen LogP contribution in [0.25, 0.3) is 0 Å². The van der Waals surface area contributed by atoms with Gasteiger partial charge in [0, 0.05) is 63.4 Å². The number of nitrogens with zero attached hydrogens (tertiary/aromatic N) is 6. The zero-order chi connectivity index (χ0) is 43.1.